The number of aryl methyl sites for hydroxylation is 1. The molecular weight excluding hydrogens is 330 g/mol. The second-order valence-corrected chi connectivity index (χ2v) is 6.05. The van der Waals surface area contributed by atoms with E-state index < -0.39 is 0 Å². The first-order valence-corrected chi connectivity index (χ1v) is 8.53. The van der Waals surface area contributed by atoms with Gasteiger partial charge < -0.3 is 14.5 Å². The Morgan fingerprint density at radius 2 is 1.92 bits per heavy atom. The number of hydrogen-bond acceptors (Lipinski definition) is 5. The molecule has 0 bridgehead atoms. The lowest BCUT2D eigenvalue weighted by molar-refractivity contribution is -0.123. The van der Waals surface area contributed by atoms with Gasteiger partial charge in [0.1, 0.15) is 5.75 Å². The van der Waals surface area contributed by atoms with E-state index in [4.69, 9.17) is 9.15 Å². The first kappa shape index (κ1) is 17.7. The van der Waals surface area contributed by atoms with Crippen molar-refractivity contribution in [2.75, 3.05) is 6.61 Å². The van der Waals surface area contributed by atoms with E-state index in [1.54, 1.807) is 12.1 Å². The number of carbonyl (C=O) groups excluding carboxylic acids is 1. The molecule has 1 aromatic heterocycles. The maximum absolute atomic E-state index is 12.0. The normalized spacial score (nSPS) is 11.7. The number of nitrogens with one attached hydrogen (secondary N) is 1. The van der Waals surface area contributed by atoms with Crippen LogP contribution in [0.5, 0.6) is 5.75 Å². The van der Waals surface area contributed by atoms with E-state index in [2.05, 4.69) is 27.6 Å². The summed E-state index contributed by atoms with van der Waals surface area (Å²) in [6, 6.07) is 17.5. The molecule has 3 rings (SSSR count). The monoisotopic (exact) mass is 351 g/mol. The number of rotatable bonds is 8. The molecule has 6 heteroatoms. The predicted molar refractivity (Wildman–Crippen MR) is 97.6 cm³/mol. The molecule has 0 aliphatic rings. The number of carbonyl (C=O) groups is 1. The molecule has 1 unspecified atom stereocenters. The van der Waals surface area contributed by atoms with Crippen LogP contribution >= 0.6 is 0 Å². The van der Waals surface area contributed by atoms with Gasteiger partial charge in [0.2, 0.25) is 12.3 Å². The minimum Gasteiger partial charge on any atom is -0.484 e. The maximum atomic E-state index is 12.0. The number of aromatic nitrogens is 2. The van der Waals surface area contributed by atoms with E-state index >= 15 is 0 Å². The van der Waals surface area contributed by atoms with Crippen LogP contribution in [-0.4, -0.2) is 28.8 Å². The van der Waals surface area contributed by atoms with Crippen LogP contribution in [0, 0.1) is 0 Å². The van der Waals surface area contributed by atoms with Crippen molar-refractivity contribution in [1.82, 2.24) is 15.5 Å². The van der Waals surface area contributed by atoms with E-state index in [9.17, 15) is 4.79 Å². The lowest BCUT2D eigenvalue weighted by Crippen LogP contribution is -2.36. The summed E-state index contributed by atoms with van der Waals surface area (Å²) in [5, 5.41) is 10.4. The summed E-state index contributed by atoms with van der Waals surface area (Å²) in [7, 11) is 0. The van der Waals surface area contributed by atoms with Gasteiger partial charge in [-0.1, -0.05) is 30.3 Å². The highest BCUT2D eigenvalue weighted by molar-refractivity contribution is 5.77. The number of nitrogens with zero attached hydrogens (tertiary/aromatic N) is 2. The van der Waals surface area contributed by atoms with Crippen LogP contribution in [0.3, 0.4) is 0 Å². The molecule has 0 aliphatic heterocycles. The molecule has 0 fully saturated rings. The van der Waals surface area contributed by atoms with E-state index in [0.717, 1.165) is 18.4 Å². The van der Waals surface area contributed by atoms with Crippen LogP contribution in [0.15, 0.2) is 65.4 Å². The zero-order chi connectivity index (χ0) is 18.2. The first-order chi connectivity index (χ1) is 12.7. The Labute approximate surface area is 152 Å². The molecule has 2 aromatic carbocycles. The number of benzene rings is 2. The van der Waals surface area contributed by atoms with Crippen molar-refractivity contribution >= 4 is 5.91 Å². The topological polar surface area (TPSA) is 77.2 Å². The Hall–Kier alpha value is -3.15. The average Bonchev–Trinajstić information content (AvgIpc) is 3.21. The van der Waals surface area contributed by atoms with Crippen LogP contribution < -0.4 is 10.1 Å². The van der Waals surface area contributed by atoms with Crippen molar-refractivity contribution in [2.24, 2.45) is 0 Å². The van der Waals surface area contributed by atoms with Gasteiger partial charge in [-0.15, -0.1) is 10.2 Å². The molecule has 1 amide bonds. The van der Waals surface area contributed by atoms with E-state index in [1.807, 2.05) is 37.3 Å². The standard InChI is InChI=1S/C20H21N3O3/c1-15(7-8-16-5-3-2-4-6-16)22-19(24)13-25-18-11-9-17(10-12-18)20-23-21-14-26-20/h2-6,9-12,14-15H,7-8,13H2,1H3,(H,22,24). The van der Waals surface area contributed by atoms with Gasteiger partial charge in [-0.3, -0.25) is 4.79 Å². The highest BCUT2D eigenvalue weighted by Gasteiger charge is 2.09. The Kier molecular flexibility index (Phi) is 5.98. The average molecular weight is 351 g/mol. The minimum atomic E-state index is -0.133. The summed E-state index contributed by atoms with van der Waals surface area (Å²) in [6.07, 6.45) is 3.10. The van der Waals surface area contributed by atoms with E-state index in [1.165, 1.54) is 12.0 Å². The van der Waals surface area contributed by atoms with Crippen molar-refractivity contribution in [1.29, 1.82) is 0 Å². The summed E-state index contributed by atoms with van der Waals surface area (Å²) >= 11 is 0. The van der Waals surface area contributed by atoms with E-state index in [0.29, 0.717) is 11.6 Å². The van der Waals surface area contributed by atoms with Crippen molar-refractivity contribution in [2.45, 2.75) is 25.8 Å². The summed E-state index contributed by atoms with van der Waals surface area (Å²) < 4.78 is 10.7. The predicted octanol–water partition coefficient (Wildman–Crippen LogP) is 3.25. The number of ether oxygens (including phenoxy) is 1. The van der Waals surface area contributed by atoms with Crippen LogP contribution in [0.25, 0.3) is 11.5 Å². The van der Waals surface area contributed by atoms with E-state index in [-0.39, 0.29) is 18.6 Å². The first-order valence-electron chi connectivity index (χ1n) is 8.53. The second-order valence-electron chi connectivity index (χ2n) is 6.05. The van der Waals surface area contributed by atoms with Gasteiger partial charge in [0.25, 0.3) is 5.91 Å². The molecular formula is C20H21N3O3. The molecule has 0 saturated carbocycles. The summed E-state index contributed by atoms with van der Waals surface area (Å²) in [6.45, 7) is 1.98. The lowest BCUT2D eigenvalue weighted by atomic mass is 10.1. The second kappa shape index (κ2) is 8.80. The Balaban J connectivity index is 1.40. The third kappa shape index (κ3) is 5.17. The molecule has 6 nitrogen and oxygen atoms in total. The molecule has 1 N–H and O–H groups in total. The van der Waals surface area contributed by atoms with Crippen molar-refractivity contribution in [3.05, 3.63) is 66.6 Å². The summed E-state index contributed by atoms with van der Waals surface area (Å²) in [4.78, 5) is 12.0. The molecule has 26 heavy (non-hydrogen) atoms. The smallest absolute Gasteiger partial charge is 0.258 e. The summed E-state index contributed by atoms with van der Waals surface area (Å²) in [5.41, 5.74) is 2.07. The van der Waals surface area contributed by atoms with Gasteiger partial charge in [-0.2, -0.15) is 0 Å². The molecule has 134 valence electrons. The van der Waals surface area contributed by atoms with Gasteiger partial charge in [0, 0.05) is 11.6 Å². The molecule has 0 radical (unpaired) electrons. The van der Waals surface area contributed by atoms with Crippen LogP contribution in [0.1, 0.15) is 18.9 Å². The molecule has 1 heterocycles. The highest BCUT2D eigenvalue weighted by Crippen LogP contribution is 2.20. The largest absolute Gasteiger partial charge is 0.484 e. The van der Waals surface area contributed by atoms with Gasteiger partial charge in [0.15, 0.2) is 6.61 Å². The number of amides is 1. The fourth-order valence-electron chi connectivity index (χ4n) is 2.56. The molecule has 0 aliphatic carbocycles. The Morgan fingerprint density at radius 3 is 2.62 bits per heavy atom. The van der Waals surface area contributed by atoms with Crippen molar-refractivity contribution in [3.8, 4) is 17.2 Å². The van der Waals surface area contributed by atoms with Crippen molar-refractivity contribution < 1.29 is 13.9 Å². The zero-order valence-corrected chi connectivity index (χ0v) is 14.6. The highest BCUT2D eigenvalue weighted by atomic mass is 16.5. The molecule has 0 spiro atoms. The number of hydrogen-bond donors (Lipinski definition) is 1. The maximum Gasteiger partial charge on any atom is 0.258 e. The fraction of sp³-hybridized carbons (Fsp3) is 0.250. The molecule has 0 saturated heterocycles. The Bertz CT molecular complexity index is 802. The lowest BCUT2D eigenvalue weighted by Gasteiger charge is -2.14. The van der Waals surface area contributed by atoms with Crippen molar-refractivity contribution in [3.63, 3.8) is 0 Å². The third-order valence-corrected chi connectivity index (χ3v) is 3.95. The Morgan fingerprint density at radius 1 is 1.15 bits per heavy atom. The SMILES string of the molecule is CC(CCc1ccccc1)NC(=O)COc1ccc(-c2nnco2)cc1. The molecule has 3 aromatic rings. The molecule has 1 atom stereocenters. The van der Waals surface area contributed by atoms with Crippen LogP contribution in [0.4, 0.5) is 0 Å². The third-order valence-electron chi connectivity index (χ3n) is 3.95. The zero-order valence-electron chi connectivity index (χ0n) is 14.6. The summed E-state index contributed by atoms with van der Waals surface area (Å²) in [5.74, 6) is 0.924. The van der Waals surface area contributed by atoms with Gasteiger partial charge in [-0.05, 0) is 49.6 Å². The minimum absolute atomic E-state index is 0.0183. The fourth-order valence-corrected chi connectivity index (χ4v) is 2.56. The van der Waals surface area contributed by atoms with Gasteiger partial charge in [-0.25, -0.2) is 0 Å². The van der Waals surface area contributed by atoms with Gasteiger partial charge in [0.05, 0.1) is 0 Å². The van der Waals surface area contributed by atoms with Crippen LogP contribution in [-0.2, 0) is 11.2 Å². The quantitative estimate of drug-likeness (QED) is 0.674. The van der Waals surface area contributed by atoms with Gasteiger partial charge >= 0.3 is 0 Å². The van der Waals surface area contributed by atoms with Crippen LogP contribution in [0.2, 0.25) is 0 Å².